The van der Waals surface area contributed by atoms with E-state index >= 15 is 0 Å². The van der Waals surface area contributed by atoms with Crippen molar-refractivity contribution in [1.29, 1.82) is 0 Å². The van der Waals surface area contributed by atoms with Gasteiger partial charge >= 0.3 is 0 Å². The number of hydrogen-bond acceptors (Lipinski definition) is 3. The van der Waals surface area contributed by atoms with Gasteiger partial charge in [-0.15, -0.1) is 0 Å². The monoisotopic (exact) mass is 734 g/mol. The fourth-order valence-corrected chi connectivity index (χ4v) is 6.97. The molecule has 0 amide bonds. The molecular weight excluding hydrogens is 683 g/mol. The molecule has 0 fully saturated rings. The van der Waals surface area contributed by atoms with Crippen LogP contribution < -0.4 is 0 Å². The first kappa shape index (κ1) is 18.1. The van der Waals surface area contributed by atoms with Gasteiger partial charge in [0.25, 0.3) is 0 Å². The molecular formula is C51H33N5. The highest BCUT2D eigenvalue weighted by Gasteiger charge is 2.23. The fourth-order valence-electron chi connectivity index (χ4n) is 6.97. The summed E-state index contributed by atoms with van der Waals surface area (Å²) in [6.45, 7) is 0. The van der Waals surface area contributed by atoms with Crippen LogP contribution in [0.15, 0.2) is 200 Å². The van der Waals surface area contributed by atoms with Crippen molar-refractivity contribution >= 4 is 43.6 Å². The molecule has 0 N–H and O–H groups in total. The molecule has 5 heteroatoms. The average Bonchev–Trinajstić information content (AvgIpc) is 3.98. The Morgan fingerprint density at radius 3 is 1.80 bits per heavy atom. The highest BCUT2D eigenvalue weighted by atomic mass is 15.2. The lowest BCUT2D eigenvalue weighted by Gasteiger charge is -2.12. The van der Waals surface area contributed by atoms with Crippen molar-refractivity contribution < 1.29 is 26.0 Å². The van der Waals surface area contributed by atoms with E-state index in [1.54, 1.807) is 42.5 Å². The third-order valence-corrected chi connectivity index (χ3v) is 9.42. The Morgan fingerprint density at radius 2 is 1.02 bits per heavy atom. The maximum atomic E-state index is 9.83. The molecule has 56 heavy (non-hydrogen) atoms. The lowest BCUT2D eigenvalue weighted by atomic mass is 10.0. The van der Waals surface area contributed by atoms with E-state index in [9.17, 15) is 11.0 Å². The van der Waals surface area contributed by atoms with Crippen LogP contribution in [0.3, 0.4) is 0 Å². The van der Waals surface area contributed by atoms with Crippen LogP contribution in [0.5, 0.6) is 0 Å². The highest BCUT2D eigenvalue weighted by molar-refractivity contribution is 6.26. The summed E-state index contributed by atoms with van der Waals surface area (Å²) >= 11 is 0. The first-order chi connectivity index (χ1) is 35.7. The second-order valence-electron chi connectivity index (χ2n) is 12.6. The van der Waals surface area contributed by atoms with Crippen LogP contribution in [0, 0.1) is 0 Å². The van der Waals surface area contributed by atoms with Gasteiger partial charge in [0.15, 0.2) is 11.6 Å². The molecule has 11 rings (SSSR count). The molecule has 3 heterocycles. The van der Waals surface area contributed by atoms with Crippen LogP contribution in [-0.4, -0.2) is 24.1 Å². The maximum Gasteiger partial charge on any atom is 0.238 e. The van der Waals surface area contributed by atoms with Crippen molar-refractivity contribution in [2.75, 3.05) is 0 Å². The van der Waals surface area contributed by atoms with E-state index in [0.717, 1.165) is 15.7 Å². The van der Waals surface area contributed by atoms with Gasteiger partial charge in [-0.3, -0.25) is 4.57 Å². The zero-order valence-electron chi connectivity index (χ0n) is 47.8. The largest absolute Gasteiger partial charge is 0.309 e. The smallest absolute Gasteiger partial charge is 0.238 e. The van der Waals surface area contributed by atoms with E-state index in [1.807, 2.05) is 42.5 Å². The third kappa shape index (κ3) is 5.21. The summed E-state index contributed by atoms with van der Waals surface area (Å²) in [5, 5.41) is -1.29. The minimum Gasteiger partial charge on any atom is -0.309 e. The van der Waals surface area contributed by atoms with Crippen LogP contribution in [0.1, 0.15) is 26.0 Å². The number of hydrogen-bond donors (Lipinski definition) is 0. The van der Waals surface area contributed by atoms with Gasteiger partial charge < -0.3 is 4.57 Å². The number of para-hydroxylation sites is 2. The predicted molar refractivity (Wildman–Crippen MR) is 230 cm³/mol. The van der Waals surface area contributed by atoms with E-state index in [4.69, 9.17) is 30.0 Å². The maximum absolute atomic E-state index is 9.83. The Labute approximate surface area is 350 Å². The van der Waals surface area contributed by atoms with Crippen molar-refractivity contribution in [3.8, 4) is 56.7 Å². The van der Waals surface area contributed by atoms with Gasteiger partial charge in [0.2, 0.25) is 5.95 Å². The molecule has 262 valence electrons. The Balaban J connectivity index is 1.39. The molecule has 0 aliphatic heterocycles. The number of benzene rings is 8. The molecule has 0 saturated heterocycles. The second-order valence-corrected chi connectivity index (χ2v) is 12.6. The van der Waals surface area contributed by atoms with Crippen LogP contribution >= 0.6 is 0 Å². The molecule has 0 aliphatic rings. The van der Waals surface area contributed by atoms with E-state index < -0.39 is 148 Å². The molecule has 11 aromatic rings. The summed E-state index contributed by atoms with van der Waals surface area (Å²) in [6, 6.07) is 10.3. The minimum atomic E-state index is -0.933. The van der Waals surface area contributed by atoms with E-state index in [0.29, 0.717) is 11.1 Å². The Morgan fingerprint density at radius 1 is 0.393 bits per heavy atom. The molecule has 3 aromatic heterocycles. The molecule has 0 radical (unpaired) electrons. The number of nitrogens with zero attached hydrogens (tertiary/aromatic N) is 5. The van der Waals surface area contributed by atoms with Crippen molar-refractivity contribution in [1.82, 2.24) is 24.1 Å². The van der Waals surface area contributed by atoms with Crippen LogP contribution in [0.2, 0.25) is 0 Å². The molecule has 8 aromatic carbocycles. The van der Waals surface area contributed by atoms with Crippen LogP contribution in [0.4, 0.5) is 0 Å². The Hall–Kier alpha value is -7.63. The zero-order chi connectivity index (χ0) is 53.5. The topological polar surface area (TPSA) is 48.5 Å². The average molecular weight is 735 g/mol. The quantitative estimate of drug-likeness (QED) is 0.171. The minimum absolute atomic E-state index is 0.0765. The van der Waals surface area contributed by atoms with Crippen molar-refractivity contribution in [3.63, 3.8) is 0 Å². The van der Waals surface area contributed by atoms with Crippen LogP contribution in [0.25, 0.3) is 100 Å². The zero-order valence-corrected chi connectivity index (χ0v) is 28.8. The standard InChI is InChI=1S/C51H33N5/c1-4-16-34(17-5-1)37-22-14-24-39(32-37)50-52-49(36-20-8-3-9-21-36)53-51(54-50)56-44-28-12-10-26-41(44)42-30-31-46-47(48(42)56)43-27-11-13-29-45(43)55(46)40-25-15-23-38(33-40)35-18-6-2-7-19-35/h1-33H/i2D,6D,7D,10D,11D,12D,13D,15D,18D,19D,23D,25D,26D,27D,28D,29D,30D,31D,33D. The summed E-state index contributed by atoms with van der Waals surface area (Å²) in [6.07, 6.45) is 0. The Bertz CT molecular complexity index is 4320. The van der Waals surface area contributed by atoms with Gasteiger partial charge in [0.1, 0.15) is 0 Å². The van der Waals surface area contributed by atoms with Gasteiger partial charge in [-0.2, -0.15) is 9.97 Å². The fraction of sp³-hybridized carbons (Fsp3) is 0. The van der Waals surface area contributed by atoms with Gasteiger partial charge in [-0.25, -0.2) is 4.98 Å². The summed E-state index contributed by atoms with van der Waals surface area (Å²) in [7, 11) is 0. The molecule has 0 atom stereocenters. The molecule has 0 bridgehead atoms. The molecule has 0 unspecified atom stereocenters. The first-order valence-electron chi connectivity index (χ1n) is 26.8. The predicted octanol–water partition coefficient (Wildman–Crippen LogP) is 12.7. The van der Waals surface area contributed by atoms with Gasteiger partial charge in [0, 0.05) is 38.4 Å². The summed E-state index contributed by atoms with van der Waals surface area (Å²) < 4.78 is 175. The number of aromatic nitrogens is 5. The van der Waals surface area contributed by atoms with E-state index in [1.165, 1.54) is 4.57 Å². The van der Waals surface area contributed by atoms with E-state index in [2.05, 4.69) is 0 Å². The Kier molecular flexibility index (Phi) is 4.22. The molecule has 0 aliphatic carbocycles. The van der Waals surface area contributed by atoms with Crippen LogP contribution in [-0.2, 0) is 0 Å². The molecule has 0 spiro atoms. The lowest BCUT2D eigenvalue weighted by Crippen LogP contribution is -2.06. The summed E-state index contributed by atoms with van der Waals surface area (Å²) in [4.78, 5) is 14.8. The SMILES string of the molecule is [2H]c1c([2H])c([2H])c(-c2c([2H])c([2H])c([2H])c(-n3c4c([2H])c([2H])c([2H])c([2H])c4c4c3c([2H])c([2H])c3c5c([2H])c([2H])c([2H])c([2H])c5n(-c5nc(-c6ccccc6)nc(-c6cccc(-c7ccccc7)c6)n5)c34)c2[2H])c([2H])c1[2H]. The number of rotatable bonds is 6. The molecule has 5 nitrogen and oxygen atoms in total. The van der Waals surface area contributed by atoms with Gasteiger partial charge in [-0.05, 0) is 58.5 Å². The summed E-state index contributed by atoms with van der Waals surface area (Å²) in [5.74, 6) is -0.142. The second kappa shape index (κ2) is 13.0. The highest BCUT2D eigenvalue weighted by Crippen LogP contribution is 2.42. The van der Waals surface area contributed by atoms with E-state index in [-0.39, 0.29) is 44.8 Å². The third-order valence-electron chi connectivity index (χ3n) is 9.42. The van der Waals surface area contributed by atoms with Crippen molar-refractivity contribution in [3.05, 3.63) is 200 Å². The van der Waals surface area contributed by atoms with Gasteiger partial charge in [-0.1, -0.05) is 163 Å². The summed E-state index contributed by atoms with van der Waals surface area (Å²) in [5.41, 5.74) is -1.06. The normalized spacial score (nSPS) is 16.3. The van der Waals surface area contributed by atoms with Crippen molar-refractivity contribution in [2.24, 2.45) is 0 Å². The first-order valence-corrected chi connectivity index (χ1v) is 17.3. The lowest BCUT2D eigenvalue weighted by molar-refractivity contribution is 0.955. The molecule has 0 saturated carbocycles. The van der Waals surface area contributed by atoms with Crippen molar-refractivity contribution in [2.45, 2.75) is 0 Å². The number of fused-ring (bicyclic) bond motifs is 7. The van der Waals surface area contributed by atoms with Gasteiger partial charge in [0.05, 0.1) is 48.1 Å².